The van der Waals surface area contributed by atoms with Crippen molar-refractivity contribution in [3.63, 3.8) is 0 Å². The minimum atomic E-state index is -0.918. The lowest BCUT2D eigenvalue weighted by Crippen LogP contribution is -2.21. The number of carboxylic acid groups (broad SMARTS) is 1. The number of hydrogen-bond donors (Lipinski definition) is 3. The number of thioether (sulfide) groups is 1. The third-order valence-electron chi connectivity index (χ3n) is 6.64. The molecule has 9 heteroatoms. The highest BCUT2D eigenvalue weighted by molar-refractivity contribution is 7.99. The third-order valence-corrected chi connectivity index (χ3v) is 8.81. The number of primary amides is 1. The Morgan fingerprint density at radius 2 is 1.66 bits per heavy atom. The Balaban J connectivity index is 0. The Bertz CT molecular complexity index is 984. The molecular formula is C35H58N2O5S2. The second-order valence-electron chi connectivity index (χ2n) is 11.9. The van der Waals surface area contributed by atoms with Crippen molar-refractivity contribution in [1.82, 2.24) is 0 Å². The number of thiophene rings is 1. The number of nitrogens with two attached hydrogens (primary N) is 1. The first-order chi connectivity index (χ1) is 20.9. The standard InChI is InChI=1S/C12H15NO2S.C8H14O.C8H18.C5H9NO2S.C2H2/c1-12(2,3)6-5-8-7-9(13-4)10(16-8)11(14)15;1-7-2-4-8(6-9)5-3-7;1-3-5-7-8-6-4-2;6-5(7)8-4-1-2-9-3-4;1-2/h7,13H,1-4H3,(H,14,15);6-8H,2-5H2,1H3;3-8H2,1-2H3;4H,1-3H2,(H2,6,7);1-2H. The van der Waals surface area contributed by atoms with Crippen LogP contribution in [0, 0.1) is 41.9 Å². The van der Waals surface area contributed by atoms with Gasteiger partial charge in [0.25, 0.3) is 0 Å². The monoisotopic (exact) mass is 650 g/mol. The second kappa shape index (κ2) is 26.8. The first-order valence-electron chi connectivity index (χ1n) is 15.8. The highest BCUT2D eigenvalue weighted by Crippen LogP contribution is 2.27. The fraction of sp³-hybridized carbons (Fsp3) is 0.686. The van der Waals surface area contributed by atoms with Crippen LogP contribution in [0.1, 0.15) is 127 Å². The Morgan fingerprint density at radius 1 is 1.09 bits per heavy atom. The summed E-state index contributed by atoms with van der Waals surface area (Å²) < 4.78 is 4.73. The summed E-state index contributed by atoms with van der Waals surface area (Å²) in [5, 5.41) is 11.8. The Labute approximate surface area is 276 Å². The van der Waals surface area contributed by atoms with Crippen molar-refractivity contribution >= 4 is 47.1 Å². The lowest BCUT2D eigenvalue weighted by molar-refractivity contribution is -0.112. The maximum atomic E-state index is 10.9. The lowest BCUT2D eigenvalue weighted by Gasteiger charge is -2.21. The largest absolute Gasteiger partial charge is 0.477 e. The van der Waals surface area contributed by atoms with E-state index in [1.54, 1.807) is 24.9 Å². The zero-order valence-corrected chi connectivity index (χ0v) is 29.8. The summed E-state index contributed by atoms with van der Waals surface area (Å²) in [5.41, 5.74) is 5.35. The molecule has 1 unspecified atom stereocenters. The summed E-state index contributed by atoms with van der Waals surface area (Å²) in [7, 11) is 1.70. The van der Waals surface area contributed by atoms with Crippen LogP contribution < -0.4 is 11.1 Å². The summed E-state index contributed by atoms with van der Waals surface area (Å²) >= 11 is 2.99. The fourth-order valence-electron chi connectivity index (χ4n) is 4.09. The molecule has 1 saturated heterocycles. The number of ether oxygens (including phenoxy) is 1. The van der Waals surface area contributed by atoms with Gasteiger partial charge >= 0.3 is 12.1 Å². The average molecular weight is 651 g/mol. The van der Waals surface area contributed by atoms with Gasteiger partial charge in [-0.05, 0) is 57.8 Å². The molecule has 0 bridgehead atoms. The van der Waals surface area contributed by atoms with Crippen molar-refractivity contribution in [3.05, 3.63) is 15.8 Å². The quantitative estimate of drug-likeness (QED) is 0.139. The summed E-state index contributed by atoms with van der Waals surface area (Å²) in [6, 6.07) is 1.77. The maximum absolute atomic E-state index is 10.9. The molecule has 1 amide bonds. The minimum Gasteiger partial charge on any atom is -0.477 e. The van der Waals surface area contributed by atoms with Gasteiger partial charge in [-0.3, -0.25) is 0 Å². The predicted molar refractivity (Wildman–Crippen MR) is 190 cm³/mol. The van der Waals surface area contributed by atoms with Crippen LogP contribution in [0.15, 0.2) is 6.07 Å². The van der Waals surface area contributed by atoms with E-state index in [9.17, 15) is 14.4 Å². The van der Waals surface area contributed by atoms with Gasteiger partial charge < -0.3 is 25.7 Å². The van der Waals surface area contributed by atoms with Gasteiger partial charge in [0, 0.05) is 24.1 Å². The first-order valence-corrected chi connectivity index (χ1v) is 17.7. The molecule has 0 aromatic carbocycles. The zero-order valence-electron chi connectivity index (χ0n) is 28.2. The van der Waals surface area contributed by atoms with Gasteiger partial charge in [0.2, 0.25) is 0 Å². The van der Waals surface area contributed by atoms with Crippen LogP contribution in [0.5, 0.6) is 0 Å². The molecule has 2 aliphatic rings. The highest BCUT2D eigenvalue weighted by Gasteiger charge is 2.18. The van der Waals surface area contributed by atoms with Crippen molar-refractivity contribution in [2.24, 2.45) is 23.0 Å². The third kappa shape index (κ3) is 23.8. The van der Waals surface area contributed by atoms with E-state index >= 15 is 0 Å². The van der Waals surface area contributed by atoms with Crippen molar-refractivity contribution in [2.45, 2.75) is 118 Å². The molecular weight excluding hydrogens is 593 g/mol. The lowest BCUT2D eigenvalue weighted by atomic mass is 9.84. The van der Waals surface area contributed by atoms with Gasteiger partial charge in [-0.25, -0.2) is 9.59 Å². The van der Waals surface area contributed by atoms with Crippen LogP contribution in [-0.4, -0.2) is 48.1 Å². The van der Waals surface area contributed by atoms with Crippen molar-refractivity contribution in [1.29, 1.82) is 0 Å². The van der Waals surface area contributed by atoms with Gasteiger partial charge in [-0.1, -0.05) is 84.0 Å². The van der Waals surface area contributed by atoms with Crippen molar-refractivity contribution < 1.29 is 24.2 Å². The Hall–Kier alpha value is -2.62. The number of aromatic carboxylic acids is 1. The van der Waals surface area contributed by atoms with Crippen molar-refractivity contribution in [2.75, 3.05) is 23.9 Å². The summed E-state index contributed by atoms with van der Waals surface area (Å²) in [5.74, 6) is 8.40. The fourth-order valence-corrected chi connectivity index (χ4v) is 6.04. The van der Waals surface area contributed by atoms with Crippen LogP contribution in [0.2, 0.25) is 0 Å². The van der Waals surface area contributed by atoms with Gasteiger partial charge in [0.05, 0.1) is 10.6 Å². The number of hydrogen-bond acceptors (Lipinski definition) is 7. The number of terminal acetylenes is 1. The number of unbranched alkanes of at least 4 members (excludes halogenated alkanes) is 5. The van der Waals surface area contributed by atoms with E-state index in [0.29, 0.717) is 16.5 Å². The molecule has 1 aromatic heterocycles. The van der Waals surface area contributed by atoms with E-state index in [2.05, 4.69) is 50.8 Å². The number of nitrogens with one attached hydrogen (secondary N) is 1. The molecule has 250 valence electrons. The molecule has 0 radical (unpaired) electrons. The molecule has 0 spiro atoms. The van der Waals surface area contributed by atoms with Gasteiger partial charge in [0.15, 0.2) is 0 Å². The van der Waals surface area contributed by atoms with E-state index < -0.39 is 12.1 Å². The van der Waals surface area contributed by atoms with E-state index in [4.69, 9.17) is 15.6 Å². The predicted octanol–water partition coefficient (Wildman–Crippen LogP) is 9.10. The zero-order chi connectivity index (χ0) is 34.0. The highest BCUT2D eigenvalue weighted by atomic mass is 32.2. The van der Waals surface area contributed by atoms with Gasteiger partial charge in [-0.2, -0.15) is 11.8 Å². The number of carboxylic acids is 1. The van der Waals surface area contributed by atoms with Gasteiger partial charge in [-0.15, -0.1) is 24.2 Å². The first kappa shape index (κ1) is 43.5. The van der Waals surface area contributed by atoms with E-state index in [1.807, 2.05) is 20.8 Å². The summed E-state index contributed by atoms with van der Waals surface area (Å²) in [4.78, 5) is 32.4. The molecule has 1 saturated carbocycles. The molecule has 1 aliphatic carbocycles. The van der Waals surface area contributed by atoms with Crippen LogP contribution in [0.25, 0.3) is 0 Å². The SMILES string of the molecule is C#C.CC1CCC(C=O)CC1.CCCCCCCC.CNc1cc(C#CC(C)(C)C)sc1C(=O)O.NC(=O)OC1CCSC1. The second-order valence-corrected chi connectivity index (χ2v) is 14.1. The molecule has 2 heterocycles. The van der Waals surface area contributed by atoms with E-state index in [0.717, 1.165) is 47.8 Å². The topological polar surface area (TPSA) is 119 Å². The molecule has 1 aromatic rings. The van der Waals surface area contributed by atoms with Crippen molar-refractivity contribution in [3.8, 4) is 24.7 Å². The van der Waals surface area contributed by atoms with Crippen LogP contribution in [0.3, 0.4) is 0 Å². The molecule has 1 aliphatic heterocycles. The smallest absolute Gasteiger partial charge is 0.404 e. The molecule has 4 N–H and O–H groups in total. The summed E-state index contributed by atoms with van der Waals surface area (Å²) in [6.07, 6.45) is 22.7. The molecule has 3 rings (SSSR count). The number of rotatable bonds is 9. The Morgan fingerprint density at radius 3 is 2.02 bits per heavy atom. The van der Waals surface area contributed by atoms with E-state index in [1.165, 1.54) is 62.7 Å². The normalized spacial score (nSPS) is 18.3. The maximum Gasteiger partial charge on any atom is 0.404 e. The molecule has 1 atom stereocenters. The molecule has 2 fully saturated rings. The number of carbonyl (C=O) groups excluding carboxylic acids is 2. The summed E-state index contributed by atoms with van der Waals surface area (Å²) in [6.45, 7) is 12.8. The number of amides is 1. The van der Waals surface area contributed by atoms with E-state index in [-0.39, 0.29) is 11.5 Å². The van der Waals surface area contributed by atoms with Crippen LogP contribution in [0.4, 0.5) is 10.5 Å². The minimum absolute atomic E-state index is 0.0762. The van der Waals surface area contributed by atoms with Crippen LogP contribution >= 0.6 is 23.1 Å². The average Bonchev–Trinajstić information content (AvgIpc) is 3.66. The number of aldehydes is 1. The van der Waals surface area contributed by atoms with Crippen LogP contribution in [-0.2, 0) is 9.53 Å². The van der Waals surface area contributed by atoms with Gasteiger partial charge in [0.1, 0.15) is 17.3 Å². The molecule has 7 nitrogen and oxygen atoms in total. The number of anilines is 1. The number of carbonyl (C=O) groups is 3. The molecule has 44 heavy (non-hydrogen) atoms. The Kier molecular flexibility index (Phi) is 26.5.